The highest BCUT2D eigenvalue weighted by molar-refractivity contribution is 5.69. The van der Waals surface area contributed by atoms with Gasteiger partial charge in [0.1, 0.15) is 0 Å². The van der Waals surface area contributed by atoms with E-state index in [9.17, 15) is 9.59 Å². The molecule has 0 aliphatic carbocycles. The highest BCUT2D eigenvalue weighted by Gasteiger charge is 2.20. The van der Waals surface area contributed by atoms with Gasteiger partial charge in [-0.15, -0.1) is 0 Å². The summed E-state index contributed by atoms with van der Waals surface area (Å²) in [6, 6.07) is 0.994. The molecule has 0 bridgehead atoms. The van der Waals surface area contributed by atoms with E-state index in [1.54, 1.807) is 0 Å². The molecule has 116 valence electrons. The van der Waals surface area contributed by atoms with Gasteiger partial charge in [-0.05, 0) is 38.5 Å². The molecule has 20 heavy (non-hydrogen) atoms. The summed E-state index contributed by atoms with van der Waals surface area (Å²) >= 11 is 0. The second-order valence-corrected chi connectivity index (χ2v) is 5.43. The van der Waals surface area contributed by atoms with E-state index < -0.39 is 0 Å². The van der Waals surface area contributed by atoms with Crippen LogP contribution in [0, 0.1) is 0 Å². The summed E-state index contributed by atoms with van der Waals surface area (Å²) in [6.45, 7) is 0. The molecule has 0 aromatic heterocycles. The number of hydrogen-bond donors (Lipinski definition) is 1. The molecule has 1 saturated heterocycles. The molecule has 0 spiro atoms. The average molecular weight is 285 g/mol. The maximum Gasteiger partial charge on any atom is 0.305 e. The molecule has 1 fully saturated rings. The Morgan fingerprint density at radius 1 is 0.950 bits per heavy atom. The molecule has 0 aromatic carbocycles. The average Bonchev–Trinajstić information content (AvgIpc) is 2.47. The van der Waals surface area contributed by atoms with Crippen molar-refractivity contribution in [3.63, 3.8) is 0 Å². The molecule has 1 aliphatic rings. The van der Waals surface area contributed by atoms with Gasteiger partial charge in [0.15, 0.2) is 0 Å². The van der Waals surface area contributed by atoms with Crippen LogP contribution in [0.25, 0.3) is 0 Å². The van der Waals surface area contributed by atoms with Crippen molar-refractivity contribution < 1.29 is 19.1 Å². The Balaban J connectivity index is 2.14. The Bertz CT molecular complexity index is 278. The fraction of sp³-hybridized carbons (Fsp3) is 0.867. The van der Waals surface area contributed by atoms with E-state index in [2.05, 4.69) is 14.8 Å². The minimum absolute atomic E-state index is 0.129. The first-order valence-electron chi connectivity index (χ1n) is 7.55. The van der Waals surface area contributed by atoms with Crippen LogP contribution < -0.4 is 5.32 Å². The van der Waals surface area contributed by atoms with Gasteiger partial charge < -0.3 is 14.8 Å². The van der Waals surface area contributed by atoms with E-state index in [-0.39, 0.29) is 11.9 Å². The lowest BCUT2D eigenvalue weighted by Gasteiger charge is -2.31. The number of ether oxygens (including phenoxy) is 2. The van der Waals surface area contributed by atoms with Crippen LogP contribution in [-0.2, 0) is 19.1 Å². The SMILES string of the molecule is COC(=O)CCCC1CCCC(CCCC(=O)OC)N1. The Labute approximate surface area is 121 Å². The molecule has 2 atom stereocenters. The maximum absolute atomic E-state index is 11.1. The van der Waals surface area contributed by atoms with Crippen molar-refractivity contribution in [1.29, 1.82) is 0 Å². The Morgan fingerprint density at radius 3 is 1.80 bits per heavy atom. The fourth-order valence-corrected chi connectivity index (χ4v) is 2.76. The molecular formula is C15H27NO4. The van der Waals surface area contributed by atoms with Crippen molar-refractivity contribution >= 4 is 11.9 Å². The van der Waals surface area contributed by atoms with Crippen LogP contribution >= 0.6 is 0 Å². The summed E-state index contributed by atoms with van der Waals surface area (Å²) in [6.07, 6.45) is 8.36. The van der Waals surface area contributed by atoms with Gasteiger partial charge in [0.25, 0.3) is 0 Å². The van der Waals surface area contributed by atoms with Crippen LogP contribution in [-0.4, -0.2) is 38.2 Å². The predicted molar refractivity (Wildman–Crippen MR) is 76.3 cm³/mol. The van der Waals surface area contributed by atoms with E-state index in [1.807, 2.05) is 0 Å². The molecule has 1 heterocycles. The van der Waals surface area contributed by atoms with Crippen molar-refractivity contribution in [2.75, 3.05) is 14.2 Å². The molecule has 5 nitrogen and oxygen atoms in total. The second kappa shape index (κ2) is 9.75. The van der Waals surface area contributed by atoms with Crippen LogP contribution in [0.2, 0.25) is 0 Å². The second-order valence-electron chi connectivity index (χ2n) is 5.43. The lowest BCUT2D eigenvalue weighted by molar-refractivity contribution is -0.141. The number of methoxy groups -OCH3 is 2. The van der Waals surface area contributed by atoms with Gasteiger partial charge in [-0.1, -0.05) is 6.42 Å². The van der Waals surface area contributed by atoms with E-state index >= 15 is 0 Å². The van der Waals surface area contributed by atoms with Gasteiger partial charge in [-0.3, -0.25) is 9.59 Å². The third-order valence-electron chi connectivity index (χ3n) is 3.90. The molecule has 0 amide bonds. The molecule has 5 heteroatoms. The van der Waals surface area contributed by atoms with Gasteiger partial charge in [-0.25, -0.2) is 0 Å². The minimum atomic E-state index is -0.129. The van der Waals surface area contributed by atoms with Gasteiger partial charge in [0.05, 0.1) is 14.2 Å². The molecule has 0 saturated carbocycles. The van der Waals surface area contributed by atoms with Crippen molar-refractivity contribution in [2.45, 2.75) is 69.9 Å². The standard InChI is InChI=1S/C15H27NO4/c1-19-14(17)10-4-8-12-6-3-7-13(16-12)9-5-11-15(18)20-2/h12-13,16H,3-11H2,1-2H3. The Hall–Kier alpha value is -1.10. The zero-order valence-electron chi connectivity index (χ0n) is 12.7. The number of rotatable bonds is 8. The summed E-state index contributed by atoms with van der Waals surface area (Å²) in [4.78, 5) is 22.1. The summed E-state index contributed by atoms with van der Waals surface area (Å²) in [7, 11) is 2.86. The molecule has 1 aliphatic heterocycles. The topological polar surface area (TPSA) is 64.6 Å². The highest BCUT2D eigenvalue weighted by atomic mass is 16.5. The van der Waals surface area contributed by atoms with Crippen LogP contribution in [0.5, 0.6) is 0 Å². The maximum atomic E-state index is 11.1. The lowest BCUT2D eigenvalue weighted by atomic mass is 9.92. The normalized spacial score (nSPS) is 22.3. The zero-order chi connectivity index (χ0) is 14.8. The molecule has 0 aromatic rings. The third-order valence-corrected chi connectivity index (χ3v) is 3.90. The summed E-state index contributed by atoms with van der Waals surface area (Å²) in [5, 5.41) is 3.63. The number of hydrogen-bond acceptors (Lipinski definition) is 5. The van der Waals surface area contributed by atoms with Gasteiger partial charge in [0, 0.05) is 24.9 Å². The number of carbonyl (C=O) groups is 2. The zero-order valence-corrected chi connectivity index (χ0v) is 12.7. The summed E-state index contributed by atoms with van der Waals surface area (Å²) in [5.41, 5.74) is 0. The number of nitrogens with one attached hydrogen (secondary N) is 1. The first-order valence-corrected chi connectivity index (χ1v) is 7.55. The smallest absolute Gasteiger partial charge is 0.305 e. The van der Waals surface area contributed by atoms with E-state index in [0.717, 1.165) is 25.7 Å². The molecular weight excluding hydrogens is 258 g/mol. The van der Waals surface area contributed by atoms with Gasteiger partial charge in [0.2, 0.25) is 0 Å². The predicted octanol–water partition coefficient (Wildman–Crippen LogP) is 2.18. The first-order chi connectivity index (χ1) is 9.65. The Morgan fingerprint density at radius 2 is 1.40 bits per heavy atom. The molecule has 2 unspecified atom stereocenters. The third kappa shape index (κ3) is 6.89. The van der Waals surface area contributed by atoms with Gasteiger partial charge >= 0.3 is 11.9 Å². The molecule has 0 radical (unpaired) electrons. The van der Waals surface area contributed by atoms with Crippen molar-refractivity contribution in [3.8, 4) is 0 Å². The van der Waals surface area contributed by atoms with Crippen molar-refractivity contribution in [3.05, 3.63) is 0 Å². The monoisotopic (exact) mass is 285 g/mol. The van der Waals surface area contributed by atoms with E-state index in [4.69, 9.17) is 0 Å². The van der Waals surface area contributed by atoms with Crippen molar-refractivity contribution in [2.24, 2.45) is 0 Å². The minimum Gasteiger partial charge on any atom is -0.469 e. The first kappa shape index (κ1) is 17.0. The number of esters is 2. The van der Waals surface area contributed by atoms with Crippen LogP contribution in [0.15, 0.2) is 0 Å². The van der Waals surface area contributed by atoms with Gasteiger partial charge in [-0.2, -0.15) is 0 Å². The van der Waals surface area contributed by atoms with E-state index in [0.29, 0.717) is 24.9 Å². The largest absolute Gasteiger partial charge is 0.469 e. The van der Waals surface area contributed by atoms with Crippen molar-refractivity contribution in [1.82, 2.24) is 5.32 Å². The van der Waals surface area contributed by atoms with Crippen LogP contribution in [0.3, 0.4) is 0 Å². The number of carbonyl (C=O) groups excluding carboxylic acids is 2. The lowest BCUT2D eigenvalue weighted by Crippen LogP contribution is -2.42. The molecule has 1 rings (SSSR count). The van der Waals surface area contributed by atoms with E-state index in [1.165, 1.54) is 33.5 Å². The van der Waals surface area contributed by atoms with Crippen LogP contribution in [0.1, 0.15) is 57.8 Å². The van der Waals surface area contributed by atoms with Crippen LogP contribution in [0.4, 0.5) is 0 Å². The Kier molecular flexibility index (Phi) is 8.26. The highest BCUT2D eigenvalue weighted by Crippen LogP contribution is 2.20. The summed E-state index contributed by atoms with van der Waals surface area (Å²) < 4.78 is 9.29. The summed E-state index contributed by atoms with van der Waals surface area (Å²) in [5.74, 6) is -0.258. The quantitative estimate of drug-likeness (QED) is 0.692. The fourth-order valence-electron chi connectivity index (χ4n) is 2.76. The number of piperidine rings is 1. The molecule has 1 N–H and O–H groups in total.